The smallest absolute Gasteiger partial charge is 0.341 e. The van der Waals surface area contributed by atoms with Crippen LogP contribution in [0.4, 0.5) is 22.0 Å². The van der Waals surface area contributed by atoms with Crippen LogP contribution in [0.1, 0.15) is 10.4 Å². The van der Waals surface area contributed by atoms with Crippen molar-refractivity contribution in [1.29, 1.82) is 0 Å². The van der Waals surface area contributed by atoms with E-state index in [0.717, 1.165) is 0 Å². The molecule has 0 amide bonds. The third-order valence-electron chi connectivity index (χ3n) is 1.42. The average molecular weight is 351 g/mol. The second kappa shape index (κ2) is 5.04. The molecule has 0 aliphatic carbocycles. The molecule has 79 valence electrons. The number of halogens is 5. The molecular formula is C7HF5LaO2. The summed E-state index contributed by atoms with van der Waals surface area (Å²) in [6.07, 6.45) is 0. The van der Waals surface area contributed by atoms with Crippen molar-refractivity contribution in [3.8, 4) is 0 Å². The van der Waals surface area contributed by atoms with E-state index in [1.807, 2.05) is 0 Å². The summed E-state index contributed by atoms with van der Waals surface area (Å²) in [5.41, 5.74) is -1.86. The molecule has 0 heterocycles. The minimum Gasteiger partial charge on any atom is -0.477 e. The maximum atomic E-state index is 12.6. The van der Waals surface area contributed by atoms with Crippen molar-refractivity contribution < 1.29 is 67.5 Å². The molecule has 0 atom stereocenters. The van der Waals surface area contributed by atoms with Crippen LogP contribution in [0.3, 0.4) is 0 Å². The maximum absolute atomic E-state index is 12.6. The summed E-state index contributed by atoms with van der Waals surface area (Å²) in [6.45, 7) is 0. The van der Waals surface area contributed by atoms with Crippen molar-refractivity contribution in [2.45, 2.75) is 0 Å². The molecule has 1 radical (unpaired) electrons. The van der Waals surface area contributed by atoms with E-state index in [2.05, 4.69) is 0 Å². The molecule has 0 unspecified atom stereocenters. The zero-order valence-electron chi connectivity index (χ0n) is 6.82. The van der Waals surface area contributed by atoms with Crippen LogP contribution in [0, 0.1) is 64.7 Å². The molecule has 15 heavy (non-hydrogen) atoms. The van der Waals surface area contributed by atoms with Gasteiger partial charge in [0, 0.05) is 35.6 Å². The number of carbonyl (C=O) groups is 1. The molecule has 0 fully saturated rings. The first-order valence-corrected chi connectivity index (χ1v) is 3.12. The Balaban J connectivity index is 0.00000196. The van der Waals surface area contributed by atoms with E-state index in [9.17, 15) is 26.7 Å². The fraction of sp³-hybridized carbons (Fsp3) is 0. The average Bonchev–Trinajstić information content (AvgIpc) is 2.11. The Hall–Kier alpha value is -0.465. The number of benzene rings is 1. The predicted molar refractivity (Wildman–Crippen MR) is 33.2 cm³/mol. The number of carboxylic acid groups (broad SMARTS) is 1. The molecule has 1 aromatic carbocycles. The van der Waals surface area contributed by atoms with Gasteiger partial charge in [-0.15, -0.1) is 0 Å². The minimum absolute atomic E-state index is 0. The van der Waals surface area contributed by atoms with E-state index in [1.54, 1.807) is 0 Å². The molecule has 1 aromatic rings. The number of hydrogen-bond acceptors (Lipinski definition) is 1. The van der Waals surface area contributed by atoms with Gasteiger partial charge in [0.05, 0.1) is 0 Å². The molecule has 0 saturated heterocycles. The van der Waals surface area contributed by atoms with Crippen LogP contribution in [0.25, 0.3) is 0 Å². The molecule has 0 aromatic heterocycles. The number of aromatic carboxylic acids is 1. The molecule has 0 aliphatic rings. The molecule has 0 aliphatic heterocycles. The van der Waals surface area contributed by atoms with Crippen LogP contribution < -0.4 is 0 Å². The SMILES string of the molecule is O=C(O)c1c(F)c(F)c(F)c(F)c1F.[La]. The summed E-state index contributed by atoms with van der Waals surface area (Å²) in [7, 11) is 0. The first-order chi connectivity index (χ1) is 6.37. The van der Waals surface area contributed by atoms with Gasteiger partial charge in [0.25, 0.3) is 0 Å². The third kappa shape index (κ3) is 2.38. The van der Waals surface area contributed by atoms with Crippen molar-refractivity contribution >= 4 is 5.97 Å². The summed E-state index contributed by atoms with van der Waals surface area (Å²) in [6, 6.07) is 0. The summed E-state index contributed by atoms with van der Waals surface area (Å²) in [4.78, 5) is 10.1. The molecule has 0 bridgehead atoms. The van der Waals surface area contributed by atoms with Gasteiger partial charge in [-0.2, -0.15) is 0 Å². The molecule has 0 saturated carbocycles. The summed E-state index contributed by atoms with van der Waals surface area (Å²) < 4.78 is 62.1. The van der Waals surface area contributed by atoms with E-state index < -0.39 is 40.6 Å². The van der Waals surface area contributed by atoms with E-state index in [4.69, 9.17) is 5.11 Å². The van der Waals surface area contributed by atoms with Crippen LogP contribution in [0.15, 0.2) is 0 Å². The molecule has 8 heteroatoms. The largest absolute Gasteiger partial charge is 0.477 e. The summed E-state index contributed by atoms with van der Waals surface area (Å²) in [5.74, 6) is -13.9. The summed E-state index contributed by atoms with van der Waals surface area (Å²) >= 11 is 0. The van der Waals surface area contributed by atoms with Crippen LogP contribution >= 0.6 is 0 Å². The zero-order chi connectivity index (χ0) is 11.0. The number of carboxylic acids is 1. The Morgan fingerprint density at radius 1 is 0.800 bits per heavy atom. The minimum atomic E-state index is -2.38. The second-order valence-electron chi connectivity index (χ2n) is 2.25. The zero-order valence-corrected chi connectivity index (χ0v) is 10.4. The van der Waals surface area contributed by atoms with Crippen molar-refractivity contribution in [3.63, 3.8) is 0 Å². The van der Waals surface area contributed by atoms with E-state index in [-0.39, 0.29) is 35.6 Å². The Kier molecular flexibility index (Phi) is 4.89. The quantitative estimate of drug-likeness (QED) is 0.478. The van der Waals surface area contributed by atoms with Crippen molar-refractivity contribution in [1.82, 2.24) is 0 Å². The van der Waals surface area contributed by atoms with Crippen molar-refractivity contribution in [3.05, 3.63) is 34.6 Å². The van der Waals surface area contributed by atoms with Gasteiger partial charge in [0.15, 0.2) is 23.3 Å². The second-order valence-corrected chi connectivity index (χ2v) is 2.25. The van der Waals surface area contributed by atoms with Gasteiger partial charge < -0.3 is 5.11 Å². The summed E-state index contributed by atoms with van der Waals surface area (Å²) in [5, 5.41) is 8.15. The Labute approximate surface area is 108 Å². The van der Waals surface area contributed by atoms with Crippen LogP contribution in [0.5, 0.6) is 0 Å². The maximum Gasteiger partial charge on any atom is 0.341 e. The normalized spacial score (nSPS) is 9.67. The van der Waals surface area contributed by atoms with Crippen molar-refractivity contribution in [2.75, 3.05) is 0 Å². The van der Waals surface area contributed by atoms with Crippen molar-refractivity contribution in [2.24, 2.45) is 0 Å². The molecule has 1 rings (SSSR count). The van der Waals surface area contributed by atoms with Gasteiger partial charge in [-0.05, 0) is 0 Å². The number of hydrogen-bond donors (Lipinski definition) is 1. The Bertz CT molecular complexity index is 391. The standard InChI is InChI=1S/C7HF5O2.La/c8-2-1(7(13)14)3(9)5(11)6(12)4(2)10;/h(H,13,14);. The van der Waals surface area contributed by atoms with E-state index >= 15 is 0 Å². The Morgan fingerprint density at radius 3 is 1.33 bits per heavy atom. The topological polar surface area (TPSA) is 37.3 Å². The third-order valence-corrected chi connectivity index (χ3v) is 1.42. The fourth-order valence-corrected chi connectivity index (χ4v) is 0.793. The van der Waals surface area contributed by atoms with Gasteiger partial charge in [-0.25, -0.2) is 26.7 Å². The number of rotatable bonds is 1. The first-order valence-electron chi connectivity index (χ1n) is 3.12. The van der Waals surface area contributed by atoms with Gasteiger partial charge in [0.1, 0.15) is 5.56 Å². The Morgan fingerprint density at radius 2 is 1.07 bits per heavy atom. The van der Waals surface area contributed by atoms with Crippen LogP contribution in [-0.4, -0.2) is 11.1 Å². The van der Waals surface area contributed by atoms with Gasteiger partial charge in [-0.1, -0.05) is 0 Å². The fourth-order valence-electron chi connectivity index (χ4n) is 0.793. The van der Waals surface area contributed by atoms with Gasteiger partial charge in [-0.3, -0.25) is 0 Å². The monoisotopic (exact) mass is 351 g/mol. The van der Waals surface area contributed by atoms with E-state index in [1.165, 1.54) is 0 Å². The predicted octanol–water partition coefficient (Wildman–Crippen LogP) is 2.08. The molecule has 2 nitrogen and oxygen atoms in total. The van der Waals surface area contributed by atoms with Gasteiger partial charge >= 0.3 is 5.97 Å². The van der Waals surface area contributed by atoms with Crippen LogP contribution in [-0.2, 0) is 0 Å². The molecular weight excluding hydrogens is 350 g/mol. The first kappa shape index (κ1) is 14.5. The molecule has 1 N–H and O–H groups in total. The van der Waals surface area contributed by atoms with Gasteiger partial charge in [0.2, 0.25) is 5.82 Å². The van der Waals surface area contributed by atoms with Crippen LogP contribution in [0.2, 0.25) is 0 Å². The van der Waals surface area contributed by atoms with E-state index in [0.29, 0.717) is 0 Å². The molecule has 0 spiro atoms.